The van der Waals surface area contributed by atoms with Crippen LogP contribution in [-0.2, 0) is 20.8 Å². The molecule has 2 heterocycles. The molecule has 1 aliphatic heterocycles. The molecule has 0 aliphatic carbocycles. The maximum Gasteiger partial charge on any atom is 0.330 e. The normalized spacial score (nSPS) is 26.6. The fourth-order valence-corrected chi connectivity index (χ4v) is 2.41. The first kappa shape index (κ1) is 18.3. The Morgan fingerprint density at radius 2 is 2.12 bits per heavy atom. The molecular formula is C13H19N3O8. The van der Waals surface area contributed by atoms with Gasteiger partial charge in [-0.15, -0.1) is 0 Å². The smallest absolute Gasteiger partial charge is 0.330 e. The minimum atomic E-state index is -1.39. The number of rotatable bonds is 7. The lowest BCUT2D eigenvalue weighted by Gasteiger charge is -2.18. The summed E-state index contributed by atoms with van der Waals surface area (Å²) in [5.41, 5.74) is -1.43. The molecule has 24 heavy (non-hydrogen) atoms. The number of aliphatic hydroxyl groups is 2. The van der Waals surface area contributed by atoms with Crippen LogP contribution in [0.5, 0.6) is 0 Å². The minimum absolute atomic E-state index is 0.0137. The summed E-state index contributed by atoms with van der Waals surface area (Å²) < 4.78 is 11.2. The van der Waals surface area contributed by atoms with E-state index in [1.165, 1.54) is 7.11 Å². The van der Waals surface area contributed by atoms with Gasteiger partial charge in [0, 0.05) is 25.4 Å². The van der Waals surface area contributed by atoms with Crippen LogP contribution in [0.3, 0.4) is 0 Å². The third-order valence-electron chi connectivity index (χ3n) is 3.58. The second-order valence-corrected chi connectivity index (χ2v) is 5.32. The number of aromatic nitrogens is 2. The number of aliphatic carboxylic acids is 1. The van der Waals surface area contributed by atoms with E-state index in [1.807, 2.05) is 0 Å². The van der Waals surface area contributed by atoms with Gasteiger partial charge >= 0.3 is 11.7 Å². The number of carboxylic acids is 1. The van der Waals surface area contributed by atoms with Crippen molar-refractivity contribution < 1.29 is 29.6 Å². The van der Waals surface area contributed by atoms with Crippen molar-refractivity contribution in [2.24, 2.45) is 0 Å². The summed E-state index contributed by atoms with van der Waals surface area (Å²) in [4.78, 5) is 36.3. The molecule has 1 aromatic heterocycles. The number of hydrogen-bond donors (Lipinski definition) is 5. The molecule has 5 N–H and O–H groups in total. The van der Waals surface area contributed by atoms with Gasteiger partial charge in [-0.3, -0.25) is 19.1 Å². The number of aliphatic hydroxyl groups excluding tert-OH is 2. The highest BCUT2D eigenvalue weighted by Gasteiger charge is 2.44. The highest BCUT2D eigenvalue weighted by Crippen LogP contribution is 2.28. The van der Waals surface area contributed by atoms with Crippen LogP contribution in [-0.4, -0.2) is 69.4 Å². The molecule has 134 valence electrons. The molecule has 0 saturated carbocycles. The molecule has 1 aliphatic rings. The number of carboxylic acid groups (broad SMARTS) is 1. The van der Waals surface area contributed by atoms with E-state index in [2.05, 4.69) is 10.3 Å². The summed E-state index contributed by atoms with van der Waals surface area (Å²) in [7, 11) is 1.40. The third-order valence-corrected chi connectivity index (χ3v) is 3.58. The number of nitrogens with one attached hydrogen (secondary N) is 2. The van der Waals surface area contributed by atoms with E-state index < -0.39 is 41.8 Å². The van der Waals surface area contributed by atoms with Crippen LogP contribution in [0.15, 0.2) is 15.8 Å². The van der Waals surface area contributed by atoms with Gasteiger partial charge in [-0.1, -0.05) is 0 Å². The first-order valence-corrected chi connectivity index (χ1v) is 7.12. The quantitative estimate of drug-likeness (QED) is 0.346. The number of methoxy groups -OCH3 is 1. The van der Waals surface area contributed by atoms with Crippen LogP contribution in [0.1, 0.15) is 11.8 Å². The first-order valence-electron chi connectivity index (χ1n) is 7.12. The second kappa shape index (κ2) is 7.68. The fraction of sp³-hybridized carbons (Fsp3) is 0.615. The highest BCUT2D eigenvalue weighted by molar-refractivity contribution is 5.68. The van der Waals surface area contributed by atoms with Crippen molar-refractivity contribution in [3.63, 3.8) is 0 Å². The number of hydrogen-bond acceptors (Lipinski definition) is 8. The van der Waals surface area contributed by atoms with Gasteiger partial charge in [-0.25, -0.2) is 4.79 Å². The van der Waals surface area contributed by atoms with Gasteiger partial charge in [-0.05, 0) is 0 Å². The van der Waals surface area contributed by atoms with Crippen LogP contribution in [0, 0.1) is 0 Å². The Kier molecular flexibility index (Phi) is 5.85. The zero-order valence-electron chi connectivity index (χ0n) is 12.8. The van der Waals surface area contributed by atoms with E-state index in [1.54, 1.807) is 0 Å². The predicted octanol–water partition coefficient (Wildman–Crippen LogP) is -3.02. The van der Waals surface area contributed by atoms with Crippen LogP contribution in [0.4, 0.5) is 0 Å². The Labute approximate surface area is 135 Å². The SMILES string of the molecule is COC[C@H]1O[C@@H](n2cc(CNCC(=O)O)c(=O)[nH]c2=O)[C@H](O)[C@@H]1O. The molecule has 0 aromatic carbocycles. The van der Waals surface area contributed by atoms with E-state index in [4.69, 9.17) is 14.6 Å². The molecule has 1 saturated heterocycles. The molecule has 0 amide bonds. The largest absolute Gasteiger partial charge is 0.480 e. The van der Waals surface area contributed by atoms with Gasteiger partial charge in [-0.2, -0.15) is 0 Å². The van der Waals surface area contributed by atoms with Crippen molar-refractivity contribution in [1.82, 2.24) is 14.9 Å². The first-order chi connectivity index (χ1) is 11.3. The molecule has 11 nitrogen and oxygen atoms in total. The molecular weight excluding hydrogens is 326 g/mol. The summed E-state index contributed by atoms with van der Waals surface area (Å²) in [5.74, 6) is -1.10. The third kappa shape index (κ3) is 3.88. The Balaban J connectivity index is 2.25. The number of aromatic amines is 1. The van der Waals surface area contributed by atoms with Crippen LogP contribution >= 0.6 is 0 Å². The lowest BCUT2D eigenvalue weighted by atomic mass is 10.1. The molecule has 0 unspecified atom stereocenters. The average Bonchev–Trinajstić information content (AvgIpc) is 2.78. The maximum absolute atomic E-state index is 12.0. The van der Waals surface area contributed by atoms with Gasteiger partial charge < -0.3 is 30.1 Å². The Bertz CT molecular complexity index is 699. The average molecular weight is 345 g/mol. The zero-order valence-corrected chi connectivity index (χ0v) is 12.8. The van der Waals surface area contributed by atoms with E-state index in [9.17, 15) is 24.6 Å². The van der Waals surface area contributed by atoms with E-state index in [0.717, 1.165) is 10.8 Å². The van der Waals surface area contributed by atoms with Gasteiger partial charge in [0.05, 0.1) is 13.2 Å². The van der Waals surface area contributed by atoms with Crippen molar-refractivity contribution in [3.8, 4) is 0 Å². The summed E-state index contributed by atoms with van der Waals surface area (Å²) >= 11 is 0. The van der Waals surface area contributed by atoms with Crippen LogP contribution in [0.2, 0.25) is 0 Å². The molecule has 0 bridgehead atoms. The Hall–Kier alpha value is -2.05. The summed E-state index contributed by atoms with van der Waals surface area (Å²) in [6, 6.07) is 0. The van der Waals surface area contributed by atoms with Gasteiger partial charge in [0.1, 0.15) is 18.3 Å². The van der Waals surface area contributed by atoms with Crippen molar-refractivity contribution in [3.05, 3.63) is 32.6 Å². The standard InChI is InChI=1S/C13H19N3O8/c1-23-5-7-9(19)10(20)12(24-7)16-4-6(2-14-3-8(17)18)11(21)15-13(16)22/h4,7,9-10,12,14,19-20H,2-3,5H2,1H3,(H,17,18)(H,15,21,22)/t7-,9-,10-,12-/m1/s1. The van der Waals surface area contributed by atoms with Crippen LogP contribution < -0.4 is 16.6 Å². The Morgan fingerprint density at radius 3 is 2.75 bits per heavy atom. The predicted molar refractivity (Wildman–Crippen MR) is 78.5 cm³/mol. The topological polar surface area (TPSA) is 163 Å². The summed E-state index contributed by atoms with van der Waals surface area (Å²) in [5, 5.41) is 31.1. The van der Waals surface area contributed by atoms with E-state index >= 15 is 0 Å². The lowest BCUT2D eigenvalue weighted by Crippen LogP contribution is -2.39. The molecule has 11 heteroatoms. The molecule has 0 radical (unpaired) electrons. The lowest BCUT2D eigenvalue weighted by molar-refractivity contribution is -0.136. The molecule has 1 fully saturated rings. The monoisotopic (exact) mass is 345 g/mol. The zero-order chi connectivity index (χ0) is 17.9. The highest BCUT2D eigenvalue weighted by atomic mass is 16.6. The molecule has 1 aromatic rings. The fourth-order valence-electron chi connectivity index (χ4n) is 2.41. The second-order valence-electron chi connectivity index (χ2n) is 5.32. The van der Waals surface area contributed by atoms with E-state index in [0.29, 0.717) is 0 Å². The molecule has 2 rings (SSSR count). The van der Waals surface area contributed by atoms with Gasteiger partial charge in [0.25, 0.3) is 5.56 Å². The molecule has 4 atom stereocenters. The minimum Gasteiger partial charge on any atom is -0.480 e. The summed E-state index contributed by atoms with van der Waals surface area (Å²) in [6.07, 6.45) is -3.53. The van der Waals surface area contributed by atoms with Crippen molar-refractivity contribution in [2.45, 2.75) is 31.1 Å². The number of H-pyrrole nitrogens is 1. The van der Waals surface area contributed by atoms with Gasteiger partial charge in [0.2, 0.25) is 0 Å². The maximum atomic E-state index is 12.0. The van der Waals surface area contributed by atoms with Gasteiger partial charge in [0.15, 0.2) is 6.23 Å². The summed E-state index contributed by atoms with van der Waals surface area (Å²) in [6.45, 7) is -0.454. The van der Waals surface area contributed by atoms with Crippen LogP contribution in [0.25, 0.3) is 0 Å². The van der Waals surface area contributed by atoms with Crippen molar-refractivity contribution in [1.29, 1.82) is 0 Å². The number of carbonyl (C=O) groups is 1. The van der Waals surface area contributed by atoms with Crippen molar-refractivity contribution in [2.75, 3.05) is 20.3 Å². The molecule has 0 spiro atoms. The Morgan fingerprint density at radius 1 is 1.42 bits per heavy atom. The van der Waals surface area contributed by atoms with E-state index in [-0.39, 0.29) is 25.3 Å². The number of nitrogens with zero attached hydrogens (tertiary/aromatic N) is 1. The van der Waals surface area contributed by atoms with Crippen molar-refractivity contribution >= 4 is 5.97 Å². The number of ether oxygens (including phenoxy) is 2.